The highest BCUT2D eigenvalue weighted by Crippen LogP contribution is 2.30. The van der Waals surface area contributed by atoms with Crippen molar-refractivity contribution in [2.75, 3.05) is 13.1 Å². The number of rotatable bonds is 7. The van der Waals surface area contributed by atoms with Crippen LogP contribution in [0.3, 0.4) is 0 Å². The Morgan fingerprint density at radius 3 is 2.76 bits per heavy atom. The summed E-state index contributed by atoms with van der Waals surface area (Å²) in [6.45, 7) is 1.80. The van der Waals surface area contributed by atoms with Gasteiger partial charge < -0.3 is 14.7 Å². The van der Waals surface area contributed by atoms with Crippen molar-refractivity contribution in [1.82, 2.24) is 4.90 Å². The number of nitrogens with zero attached hydrogens (tertiary/aromatic N) is 1. The van der Waals surface area contributed by atoms with E-state index in [1.807, 2.05) is 0 Å². The summed E-state index contributed by atoms with van der Waals surface area (Å²) in [5, 5.41) is 9.44. The molecule has 0 radical (unpaired) electrons. The molecule has 1 atom stereocenters. The van der Waals surface area contributed by atoms with Crippen LogP contribution in [-0.2, 0) is 9.59 Å². The number of ether oxygens (including phenoxy) is 1. The number of hydrogen-bond acceptors (Lipinski definition) is 3. The van der Waals surface area contributed by atoms with Gasteiger partial charge in [0.2, 0.25) is 0 Å². The zero-order valence-corrected chi connectivity index (χ0v) is 12.5. The lowest BCUT2D eigenvalue weighted by molar-refractivity contribution is -0.147. The molecule has 1 amide bonds. The second kappa shape index (κ2) is 6.80. The van der Waals surface area contributed by atoms with Crippen molar-refractivity contribution in [2.24, 2.45) is 5.92 Å². The van der Waals surface area contributed by atoms with E-state index in [0.29, 0.717) is 23.2 Å². The third kappa shape index (κ3) is 4.93. The molecular weight excluding hydrogens is 294 g/mol. The number of carbonyl (C=O) groups is 2. The fraction of sp³-hybridized carbons (Fsp3) is 0.467. The van der Waals surface area contributed by atoms with E-state index in [1.54, 1.807) is 31.2 Å². The second-order valence-electron chi connectivity index (χ2n) is 5.27. The van der Waals surface area contributed by atoms with Gasteiger partial charge in [-0.1, -0.05) is 17.7 Å². The minimum Gasteiger partial charge on any atom is -0.481 e. The van der Waals surface area contributed by atoms with Gasteiger partial charge in [-0.3, -0.25) is 9.59 Å². The summed E-state index contributed by atoms with van der Waals surface area (Å²) in [6.07, 6.45) is 1.35. The average Bonchev–Trinajstić information content (AvgIpc) is 3.20. The first-order chi connectivity index (χ1) is 9.95. The summed E-state index contributed by atoms with van der Waals surface area (Å²) in [5.74, 6) is -0.417. The Hall–Kier alpha value is -1.75. The Morgan fingerprint density at radius 1 is 1.48 bits per heavy atom. The lowest BCUT2D eigenvalue weighted by Gasteiger charge is -2.24. The van der Waals surface area contributed by atoms with E-state index in [0.717, 1.165) is 12.8 Å². The van der Waals surface area contributed by atoms with E-state index < -0.39 is 12.1 Å². The molecule has 1 fully saturated rings. The SMILES string of the molecule is CC(Oc1cccc(Cl)c1)C(=O)N(CC(=O)O)CC1CC1. The van der Waals surface area contributed by atoms with Crippen LogP contribution in [0.2, 0.25) is 5.02 Å². The molecule has 1 aliphatic rings. The van der Waals surface area contributed by atoms with Gasteiger partial charge in [0.25, 0.3) is 5.91 Å². The maximum absolute atomic E-state index is 12.3. The lowest BCUT2D eigenvalue weighted by atomic mass is 10.2. The van der Waals surface area contributed by atoms with Crippen LogP contribution < -0.4 is 4.74 Å². The first kappa shape index (κ1) is 15.6. The second-order valence-corrected chi connectivity index (χ2v) is 5.71. The van der Waals surface area contributed by atoms with Gasteiger partial charge in [0, 0.05) is 11.6 Å². The van der Waals surface area contributed by atoms with Crippen molar-refractivity contribution < 1.29 is 19.4 Å². The number of amides is 1. The Labute approximate surface area is 128 Å². The third-order valence-electron chi connectivity index (χ3n) is 3.27. The molecule has 1 unspecified atom stereocenters. The molecule has 0 heterocycles. The zero-order chi connectivity index (χ0) is 15.4. The van der Waals surface area contributed by atoms with Gasteiger partial charge in [-0.25, -0.2) is 0 Å². The van der Waals surface area contributed by atoms with Crippen LogP contribution in [-0.4, -0.2) is 41.1 Å². The molecule has 1 aromatic carbocycles. The number of hydrogen-bond donors (Lipinski definition) is 1. The number of carbonyl (C=O) groups excluding carboxylic acids is 1. The number of halogens is 1. The normalized spacial score (nSPS) is 15.3. The molecular formula is C15H18ClNO4. The molecule has 21 heavy (non-hydrogen) atoms. The molecule has 1 aliphatic carbocycles. The highest BCUT2D eigenvalue weighted by atomic mass is 35.5. The van der Waals surface area contributed by atoms with Crippen molar-refractivity contribution in [3.8, 4) is 5.75 Å². The summed E-state index contributed by atoms with van der Waals surface area (Å²) >= 11 is 5.86. The van der Waals surface area contributed by atoms with E-state index in [9.17, 15) is 9.59 Å². The number of aliphatic carboxylic acids is 1. The molecule has 114 valence electrons. The van der Waals surface area contributed by atoms with Crippen LogP contribution >= 0.6 is 11.6 Å². The molecule has 1 saturated carbocycles. The Morgan fingerprint density at radius 2 is 2.19 bits per heavy atom. The maximum Gasteiger partial charge on any atom is 0.323 e. The summed E-state index contributed by atoms with van der Waals surface area (Å²) < 4.78 is 5.55. The van der Waals surface area contributed by atoms with Crippen LogP contribution in [0.5, 0.6) is 5.75 Å². The Balaban J connectivity index is 1.98. The zero-order valence-electron chi connectivity index (χ0n) is 11.8. The highest BCUT2D eigenvalue weighted by Gasteiger charge is 2.30. The standard InChI is InChI=1S/C15H18ClNO4/c1-10(21-13-4-2-3-12(16)7-13)15(20)17(9-14(18)19)8-11-5-6-11/h2-4,7,10-11H,5-6,8-9H2,1H3,(H,18,19). The van der Waals surface area contributed by atoms with E-state index in [4.69, 9.17) is 21.4 Å². The van der Waals surface area contributed by atoms with Crippen molar-refractivity contribution in [1.29, 1.82) is 0 Å². The molecule has 2 rings (SSSR count). The first-order valence-electron chi connectivity index (χ1n) is 6.88. The van der Waals surface area contributed by atoms with Gasteiger partial charge in [0.15, 0.2) is 6.10 Å². The Kier molecular flexibility index (Phi) is 5.07. The first-order valence-corrected chi connectivity index (χ1v) is 7.26. The average molecular weight is 312 g/mol. The predicted molar refractivity (Wildman–Crippen MR) is 78.5 cm³/mol. The van der Waals surface area contributed by atoms with Gasteiger partial charge in [-0.05, 0) is 43.9 Å². The van der Waals surface area contributed by atoms with Crippen molar-refractivity contribution in [3.05, 3.63) is 29.3 Å². The van der Waals surface area contributed by atoms with E-state index >= 15 is 0 Å². The fourth-order valence-corrected chi connectivity index (χ4v) is 2.24. The minimum atomic E-state index is -1.01. The molecule has 1 N–H and O–H groups in total. The van der Waals surface area contributed by atoms with Crippen LogP contribution in [0.1, 0.15) is 19.8 Å². The largest absolute Gasteiger partial charge is 0.481 e. The quantitative estimate of drug-likeness (QED) is 0.840. The lowest BCUT2D eigenvalue weighted by Crippen LogP contribution is -2.44. The number of carboxylic acid groups (broad SMARTS) is 1. The van der Waals surface area contributed by atoms with Crippen molar-refractivity contribution in [2.45, 2.75) is 25.9 Å². The molecule has 0 bridgehead atoms. The van der Waals surface area contributed by atoms with Crippen LogP contribution in [0, 0.1) is 5.92 Å². The van der Waals surface area contributed by atoms with Gasteiger partial charge >= 0.3 is 5.97 Å². The molecule has 0 aliphatic heterocycles. The number of carboxylic acids is 1. The monoisotopic (exact) mass is 311 g/mol. The van der Waals surface area contributed by atoms with Gasteiger partial charge in [-0.2, -0.15) is 0 Å². The topological polar surface area (TPSA) is 66.8 Å². The molecule has 0 saturated heterocycles. The maximum atomic E-state index is 12.3. The molecule has 0 aromatic heterocycles. The van der Waals surface area contributed by atoms with Crippen LogP contribution in [0.25, 0.3) is 0 Å². The smallest absolute Gasteiger partial charge is 0.323 e. The number of benzene rings is 1. The van der Waals surface area contributed by atoms with Gasteiger partial charge in [-0.15, -0.1) is 0 Å². The van der Waals surface area contributed by atoms with Gasteiger partial charge in [0.05, 0.1) is 0 Å². The highest BCUT2D eigenvalue weighted by molar-refractivity contribution is 6.30. The van der Waals surface area contributed by atoms with Crippen LogP contribution in [0.4, 0.5) is 0 Å². The van der Waals surface area contributed by atoms with E-state index in [1.165, 1.54) is 4.90 Å². The summed E-state index contributed by atoms with van der Waals surface area (Å²) in [4.78, 5) is 24.6. The Bertz CT molecular complexity index is 530. The van der Waals surface area contributed by atoms with Crippen molar-refractivity contribution in [3.63, 3.8) is 0 Å². The summed E-state index contributed by atoms with van der Waals surface area (Å²) in [5.41, 5.74) is 0. The minimum absolute atomic E-state index is 0.293. The molecule has 0 spiro atoms. The predicted octanol–water partition coefficient (Wildman–Crippen LogP) is 2.43. The summed E-state index contributed by atoms with van der Waals surface area (Å²) in [6, 6.07) is 6.77. The molecule has 5 nitrogen and oxygen atoms in total. The van der Waals surface area contributed by atoms with E-state index in [2.05, 4.69) is 0 Å². The third-order valence-corrected chi connectivity index (χ3v) is 3.51. The molecule has 1 aromatic rings. The fourth-order valence-electron chi connectivity index (χ4n) is 2.06. The van der Waals surface area contributed by atoms with Gasteiger partial charge in [0.1, 0.15) is 12.3 Å². The van der Waals surface area contributed by atoms with E-state index in [-0.39, 0.29) is 12.5 Å². The van der Waals surface area contributed by atoms with Crippen LogP contribution in [0.15, 0.2) is 24.3 Å². The van der Waals surface area contributed by atoms with Crippen molar-refractivity contribution >= 4 is 23.5 Å². The molecule has 6 heteroatoms. The summed E-state index contributed by atoms with van der Waals surface area (Å²) in [7, 11) is 0.